The van der Waals surface area contributed by atoms with E-state index < -0.39 is 0 Å². The molecule has 2 heterocycles. The van der Waals surface area contributed by atoms with Crippen molar-refractivity contribution in [3.63, 3.8) is 0 Å². The molecule has 0 aliphatic rings. The Labute approximate surface area is 122 Å². The molecule has 0 spiro atoms. The summed E-state index contributed by atoms with van der Waals surface area (Å²) in [7, 11) is 1.87. The van der Waals surface area contributed by atoms with Crippen LogP contribution in [0.1, 0.15) is 21.9 Å². The molecule has 2 aromatic rings. The Balaban J connectivity index is 2.17. The predicted octanol–water partition coefficient (Wildman–Crippen LogP) is 2.32. The average Bonchev–Trinajstić information content (AvgIpc) is 2.45. The van der Waals surface area contributed by atoms with Gasteiger partial charge in [0.1, 0.15) is 16.8 Å². The zero-order valence-electron chi connectivity index (χ0n) is 11.4. The fourth-order valence-electron chi connectivity index (χ4n) is 1.86. The van der Waals surface area contributed by atoms with E-state index in [4.69, 9.17) is 11.6 Å². The fraction of sp³-hybridized carbons (Fsp3) is 0.286. The average molecular weight is 291 g/mol. The Kier molecular flexibility index (Phi) is 4.63. The number of likely N-dealkylation sites (N-methyl/N-ethyl adjacent to an activating group) is 1. The maximum absolute atomic E-state index is 11.1. The third-order valence-electron chi connectivity index (χ3n) is 2.90. The Hall–Kier alpha value is -2.01. The number of nitrogens with zero attached hydrogens (tertiary/aromatic N) is 4. The smallest absolute Gasteiger partial charge is 0.156 e. The van der Waals surface area contributed by atoms with Gasteiger partial charge in [0, 0.05) is 31.9 Å². The summed E-state index contributed by atoms with van der Waals surface area (Å²) in [6.45, 7) is 2.43. The molecule has 6 heteroatoms. The summed E-state index contributed by atoms with van der Waals surface area (Å²) in [5, 5.41) is 0.187. The van der Waals surface area contributed by atoms with Gasteiger partial charge in [-0.2, -0.15) is 0 Å². The maximum atomic E-state index is 11.1. The van der Waals surface area contributed by atoms with Crippen LogP contribution in [-0.2, 0) is 6.42 Å². The largest absolute Gasteiger partial charge is 0.359 e. The summed E-state index contributed by atoms with van der Waals surface area (Å²) < 4.78 is 0. The molecule has 0 fully saturated rings. The number of anilines is 1. The number of aldehydes is 1. The van der Waals surface area contributed by atoms with E-state index in [1.165, 1.54) is 0 Å². The molecule has 0 N–H and O–H groups in total. The van der Waals surface area contributed by atoms with Crippen LogP contribution in [0.25, 0.3) is 0 Å². The second kappa shape index (κ2) is 6.43. The highest BCUT2D eigenvalue weighted by Gasteiger charge is 2.14. The van der Waals surface area contributed by atoms with E-state index in [9.17, 15) is 4.79 Å². The molecular weight excluding hydrogens is 276 g/mol. The van der Waals surface area contributed by atoms with E-state index in [1.54, 1.807) is 13.1 Å². The van der Waals surface area contributed by atoms with Crippen molar-refractivity contribution in [2.45, 2.75) is 13.3 Å². The van der Waals surface area contributed by atoms with Gasteiger partial charge in [0.15, 0.2) is 6.29 Å². The van der Waals surface area contributed by atoms with Gasteiger partial charge >= 0.3 is 0 Å². The SMILES string of the molecule is Cc1nc(Cl)c(C=O)c(N(C)CCc2ccccn2)n1. The minimum Gasteiger partial charge on any atom is -0.359 e. The number of halogens is 1. The van der Waals surface area contributed by atoms with Crippen LogP contribution in [-0.4, -0.2) is 34.8 Å². The number of aryl methyl sites for hydroxylation is 1. The number of hydrogen-bond donors (Lipinski definition) is 0. The van der Waals surface area contributed by atoms with Gasteiger partial charge in [-0.15, -0.1) is 0 Å². The molecule has 0 saturated carbocycles. The molecule has 0 aliphatic carbocycles. The van der Waals surface area contributed by atoms with Gasteiger partial charge in [-0.3, -0.25) is 9.78 Å². The first-order valence-corrected chi connectivity index (χ1v) is 6.60. The highest BCUT2D eigenvalue weighted by Crippen LogP contribution is 2.21. The maximum Gasteiger partial charge on any atom is 0.156 e. The van der Waals surface area contributed by atoms with Gasteiger partial charge in [0.05, 0.1) is 5.56 Å². The Morgan fingerprint density at radius 1 is 1.35 bits per heavy atom. The monoisotopic (exact) mass is 290 g/mol. The van der Waals surface area contributed by atoms with Crippen LogP contribution < -0.4 is 4.90 Å². The first kappa shape index (κ1) is 14.4. The first-order valence-electron chi connectivity index (χ1n) is 6.22. The molecule has 0 radical (unpaired) electrons. The zero-order valence-corrected chi connectivity index (χ0v) is 12.1. The van der Waals surface area contributed by atoms with Crippen LogP contribution in [0.5, 0.6) is 0 Å². The minimum absolute atomic E-state index is 0.187. The third kappa shape index (κ3) is 3.30. The molecule has 2 rings (SSSR count). The minimum atomic E-state index is 0.187. The van der Waals surface area contributed by atoms with Crippen LogP contribution in [0, 0.1) is 6.92 Å². The summed E-state index contributed by atoms with van der Waals surface area (Å²) in [5.74, 6) is 1.09. The van der Waals surface area contributed by atoms with Gasteiger partial charge < -0.3 is 4.90 Å². The summed E-state index contributed by atoms with van der Waals surface area (Å²) in [6.07, 6.45) is 3.21. The molecule has 0 aromatic carbocycles. The molecule has 2 aromatic heterocycles. The number of carbonyl (C=O) groups excluding carboxylic acids is 1. The van der Waals surface area contributed by atoms with Crippen LogP contribution in [0.15, 0.2) is 24.4 Å². The lowest BCUT2D eigenvalue weighted by Crippen LogP contribution is -2.24. The molecule has 0 saturated heterocycles. The Bertz CT molecular complexity index is 604. The second-order valence-electron chi connectivity index (χ2n) is 4.41. The molecule has 0 aliphatic heterocycles. The molecule has 5 nitrogen and oxygen atoms in total. The lowest BCUT2D eigenvalue weighted by Gasteiger charge is -2.20. The molecule has 20 heavy (non-hydrogen) atoms. The lowest BCUT2D eigenvalue weighted by atomic mass is 10.2. The van der Waals surface area contributed by atoms with E-state index in [0.717, 1.165) is 12.1 Å². The van der Waals surface area contributed by atoms with E-state index >= 15 is 0 Å². The van der Waals surface area contributed by atoms with Gasteiger partial charge in [-0.05, 0) is 19.1 Å². The van der Waals surface area contributed by atoms with Gasteiger partial charge in [-0.25, -0.2) is 9.97 Å². The molecule has 0 unspecified atom stereocenters. The van der Waals surface area contributed by atoms with E-state index in [1.807, 2.05) is 30.1 Å². The molecule has 0 atom stereocenters. The third-order valence-corrected chi connectivity index (χ3v) is 3.19. The summed E-state index contributed by atoms with van der Waals surface area (Å²) in [4.78, 5) is 25.6. The quantitative estimate of drug-likeness (QED) is 0.625. The molecule has 0 bridgehead atoms. The topological polar surface area (TPSA) is 59.0 Å². The normalized spacial score (nSPS) is 10.3. The van der Waals surface area contributed by atoms with Crippen molar-refractivity contribution in [1.82, 2.24) is 15.0 Å². The highest BCUT2D eigenvalue weighted by molar-refractivity contribution is 6.32. The fourth-order valence-corrected chi connectivity index (χ4v) is 2.11. The van der Waals surface area contributed by atoms with Gasteiger partial charge in [0.2, 0.25) is 0 Å². The predicted molar refractivity (Wildman–Crippen MR) is 78.4 cm³/mol. The van der Waals surface area contributed by atoms with Crippen LogP contribution >= 0.6 is 11.6 Å². The van der Waals surface area contributed by atoms with Crippen LogP contribution in [0.4, 0.5) is 5.82 Å². The van der Waals surface area contributed by atoms with E-state index in [0.29, 0.717) is 30.0 Å². The number of aromatic nitrogens is 3. The summed E-state index contributed by atoms with van der Waals surface area (Å²) in [5.41, 5.74) is 1.31. The summed E-state index contributed by atoms with van der Waals surface area (Å²) >= 11 is 5.97. The molecule has 0 amide bonds. The summed E-state index contributed by atoms with van der Waals surface area (Å²) in [6, 6.07) is 5.79. The van der Waals surface area contributed by atoms with Crippen LogP contribution in [0.3, 0.4) is 0 Å². The number of hydrogen-bond acceptors (Lipinski definition) is 5. The molecular formula is C14H15ClN4O. The van der Waals surface area contributed by atoms with Crippen molar-refractivity contribution in [1.29, 1.82) is 0 Å². The van der Waals surface area contributed by atoms with E-state index in [2.05, 4.69) is 15.0 Å². The Morgan fingerprint density at radius 2 is 2.15 bits per heavy atom. The van der Waals surface area contributed by atoms with Crippen molar-refractivity contribution in [2.24, 2.45) is 0 Å². The van der Waals surface area contributed by atoms with Crippen molar-refractivity contribution in [3.05, 3.63) is 46.6 Å². The second-order valence-corrected chi connectivity index (χ2v) is 4.77. The zero-order chi connectivity index (χ0) is 14.5. The van der Waals surface area contributed by atoms with Gasteiger partial charge in [-0.1, -0.05) is 17.7 Å². The van der Waals surface area contributed by atoms with Crippen molar-refractivity contribution >= 4 is 23.7 Å². The van der Waals surface area contributed by atoms with Crippen molar-refractivity contribution < 1.29 is 4.79 Å². The van der Waals surface area contributed by atoms with Crippen LogP contribution in [0.2, 0.25) is 5.15 Å². The van der Waals surface area contributed by atoms with Gasteiger partial charge in [0.25, 0.3) is 0 Å². The Morgan fingerprint density at radius 3 is 2.80 bits per heavy atom. The highest BCUT2D eigenvalue weighted by atomic mass is 35.5. The van der Waals surface area contributed by atoms with E-state index in [-0.39, 0.29) is 5.15 Å². The number of carbonyl (C=O) groups is 1. The first-order chi connectivity index (χ1) is 9.61. The number of pyridine rings is 1. The van der Waals surface area contributed by atoms with Crippen molar-refractivity contribution in [2.75, 3.05) is 18.5 Å². The number of rotatable bonds is 5. The molecule has 104 valence electrons. The van der Waals surface area contributed by atoms with Crippen molar-refractivity contribution in [3.8, 4) is 0 Å². The standard InChI is InChI=1S/C14H15ClN4O/c1-10-17-13(15)12(9-20)14(18-10)19(2)8-6-11-5-3-4-7-16-11/h3-5,7,9H,6,8H2,1-2H3. The lowest BCUT2D eigenvalue weighted by molar-refractivity contribution is 0.112.